The molecule has 0 fully saturated rings. The van der Waals surface area contributed by atoms with E-state index in [2.05, 4.69) is 21.2 Å². The molecule has 2 aromatic carbocycles. The Bertz CT molecular complexity index is 843. The molecule has 0 spiro atoms. The van der Waals surface area contributed by atoms with Crippen molar-refractivity contribution in [1.29, 1.82) is 0 Å². The third-order valence-electron chi connectivity index (χ3n) is 3.35. The number of halogens is 2. The van der Waals surface area contributed by atoms with Gasteiger partial charge in [-0.2, -0.15) is 0 Å². The molecule has 2 rings (SSSR count). The van der Waals surface area contributed by atoms with Crippen molar-refractivity contribution in [2.24, 2.45) is 0 Å². The normalized spacial score (nSPS) is 11.6. The maximum absolute atomic E-state index is 12.2. The zero-order valence-electron chi connectivity index (χ0n) is 12.6. The Labute approximate surface area is 155 Å². The van der Waals surface area contributed by atoms with E-state index in [1.54, 1.807) is 18.2 Å². The van der Waals surface area contributed by atoms with Crippen molar-refractivity contribution in [1.82, 2.24) is 5.32 Å². The van der Waals surface area contributed by atoms with Crippen LogP contribution in [0.1, 0.15) is 15.9 Å². The van der Waals surface area contributed by atoms with Gasteiger partial charge in [0.15, 0.2) is 0 Å². The van der Waals surface area contributed by atoms with Crippen LogP contribution in [0.15, 0.2) is 46.9 Å². The number of nitrogens with zero attached hydrogens (tertiary/aromatic N) is 1. The van der Waals surface area contributed by atoms with E-state index in [9.17, 15) is 24.8 Å². The van der Waals surface area contributed by atoms with Crippen LogP contribution in [-0.4, -0.2) is 27.9 Å². The fourth-order valence-electron chi connectivity index (χ4n) is 2.12. The van der Waals surface area contributed by atoms with Gasteiger partial charge in [-0.25, -0.2) is 4.79 Å². The Morgan fingerprint density at radius 3 is 2.64 bits per heavy atom. The highest BCUT2D eigenvalue weighted by Gasteiger charge is 2.23. The maximum atomic E-state index is 12.2. The van der Waals surface area contributed by atoms with Crippen molar-refractivity contribution < 1.29 is 19.6 Å². The first-order valence-electron chi connectivity index (χ1n) is 7.00. The highest BCUT2D eigenvalue weighted by atomic mass is 79.9. The largest absolute Gasteiger partial charge is 0.480 e. The van der Waals surface area contributed by atoms with E-state index in [4.69, 9.17) is 11.6 Å². The van der Waals surface area contributed by atoms with Crippen LogP contribution in [0.5, 0.6) is 0 Å². The van der Waals surface area contributed by atoms with Gasteiger partial charge in [-0.1, -0.05) is 33.6 Å². The van der Waals surface area contributed by atoms with Crippen molar-refractivity contribution in [3.8, 4) is 0 Å². The molecule has 7 nitrogen and oxygen atoms in total. The van der Waals surface area contributed by atoms with Gasteiger partial charge in [-0.05, 0) is 29.8 Å². The molecule has 0 aliphatic carbocycles. The van der Waals surface area contributed by atoms with Gasteiger partial charge < -0.3 is 10.4 Å². The summed E-state index contributed by atoms with van der Waals surface area (Å²) in [5.41, 5.74) is 0.363. The summed E-state index contributed by atoms with van der Waals surface area (Å²) >= 11 is 9.21. The smallest absolute Gasteiger partial charge is 0.326 e. The monoisotopic (exact) mass is 426 g/mol. The summed E-state index contributed by atoms with van der Waals surface area (Å²) in [5, 5.41) is 22.9. The van der Waals surface area contributed by atoms with Crippen LogP contribution in [0, 0.1) is 10.1 Å². The quantitative estimate of drug-likeness (QED) is 0.542. The summed E-state index contributed by atoms with van der Waals surface area (Å²) in [6.07, 6.45) is -0.00283. The number of nitro benzene ring substituents is 1. The lowest BCUT2D eigenvalue weighted by Crippen LogP contribution is -2.42. The molecule has 0 saturated heterocycles. The standard InChI is InChI=1S/C16H12BrClN2O5/c17-13-5-4-11(18)6-10(13)8-14(16(22)23)19-15(21)9-2-1-3-12(7-9)20(24)25/h1-7,14H,8H2,(H,19,21)(H,22,23)/t14-/m1/s1. The minimum absolute atomic E-state index is 0.00283. The van der Waals surface area contributed by atoms with Crippen LogP contribution < -0.4 is 5.32 Å². The van der Waals surface area contributed by atoms with Gasteiger partial charge in [0.25, 0.3) is 11.6 Å². The molecule has 0 radical (unpaired) electrons. The van der Waals surface area contributed by atoms with Crippen LogP contribution in [0.3, 0.4) is 0 Å². The van der Waals surface area contributed by atoms with Crippen LogP contribution in [0.2, 0.25) is 5.02 Å². The highest BCUT2D eigenvalue weighted by Crippen LogP contribution is 2.22. The number of carboxylic acid groups (broad SMARTS) is 1. The Kier molecular flexibility index (Phi) is 6.11. The number of nitro groups is 1. The summed E-state index contributed by atoms with van der Waals surface area (Å²) in [6.45, 7) is 0. The maximum Gasteiger partial charge on any atom is 0.326 e. The van der Waals surface area contributed by atoms with Gasteiger partial charge in [-0.3, -0.25) is 14.9 Å². The number of hydrogen-bond acceptors (Lipinski definition) is 4. The Morgan fingerprint density at radius 2 is 2.00 bits per heavy atom. The third-order valence-corrected chi connectivity index (χ3v) is 4.36. The molecular formula is C16H12BrClN2O5. The molecule has 1 amide bonds. The molecule has 0 bridgehead atoms. The topological polar surface area (TPSA) is 110 Å². The fraction of sp³-hybridized carbons (Fsp3) is 0.125. The van der Waals surface area contributed by atoms with Gasteiger partial charge in [0.2, 0.25) is 0 Å². The molecule has 130 valence electrons. The number of carbonyl (C=O) groups is 2. The number of aliphatic carboxylic acids is 1. The second-order valence-electron chi connectivity index (χ2n) is 5.11. The SMILES string of the molecule is O=C(N[C@H](Cc1cc(Cl)ccc1Br)C(=O)O)c1cccc([N+](=O)[O-])c1. The minimum Gasteiger partial charge on any atom is -0.480 e. The molecule has 2 N–H and O–H groups in total. The summed E-state index contributed by atoms with van der Waals surface area (Å²) in [7, 11) is 0. The van der Waals surface area contributed by atoms with E-state index < -0.39 is 22.8 Å². The van der Waals surface area contributed by atoms with Crippen molar-refractivity contribution in [2.75, 3.05) is 0 Å². The summed E-state index contributed by atoms with van der Waals surface area (Å²) in [5.74, 6) is -1.94. The summed E-state index contributed by atoms with van der Waals surface area (Å²) in [4.78, 5) is 33.9. The zero-order valence-corrected chi connectivity index (χ0v) is 15.0. The van der Waals surface area contributed by atoms with E-state index in [1.807, 2.05) is 0 Å². The molecule has 1 atom stereocenters. The molecule has 0 saturated carbocycles. The predicted octanol–water partition coefficient (Wildman–Crippen LogP) is 3.44. The molecule has 0 heterocycles. The van der Waals surface area contributed by atoms with E-state index in [0.717, 1.165) is 6.07 Å². The number of rotatable bonds is 6. The van der Waals surface area contributed by atoms with E-state index >= 15 is 0 Å². The lowest BCUT2D eigenvalue weighted by molar-refractivity contribution is -0.384. The van der Waals surface area contributed by atoms with Gasteiger partial charge in [0.1, 0.15) is 6.04 Å². The number of hydrogen-bond donors (Lipinski definition) is 2. The highest BCUT2D eigenvalue weighted by molar-refractivity contribution is 9.10. The molecule has 9 heteroatoms. The number of benzene rings is 2. The Hall–Kier alpha value is -2.45. The molecular weight excluding hydrogens is 416 g/mol. The van der Waals surface area contributed by atoms with E-state index in [-0.39, 0.29) is 17.7 Å². The second-order valence-corrected chi connectivity index (χ2v) is 6.40. The van der Waals surface area contributed by atoms with Gasteiger partial charge in [0.05, 0.1) is 4.92 Å². The summed E-state index contributed by atoms with van der Waals surface area (Å²) in [6, 6.07) is 8.76. The fourth-order valence-corrected chi connectivity index (χ4v) is 2.73. The number of carbonyl (C=O) groups excluding carboxylic acids is 1. The molecule has 25 heavy (non-hydrogen) atoms. The van der Waals surface area contributed by atoms with E-state index in [0.29, 0.717) is 15.1 Å². The lowest BCUT2D eigenvalue weighted by Gasteiger charge is -2.16. The molecule has 0 unspecified atom stereocenters. The third kappa shape index (κ3) is 5.01. The second kappa shape index (κ2) is 8.09. The van der Waals surface area contributed by atoms with E-state index in [1.165, 1.54) is 18.2 Å². The van der Waals surface area contributed by atoms with Crippen molar-refractivity contribution >= 4 is 45.1 Å². The molecule has 2 aromatic rings. The first kappa shape index (κ1) is 18.9. The van der Waals surface area contributed by atoms with Gasteiger partial charge >= 0.3 is 5.97 Å². The lowest BCUT2D eigenvalue weighted by atomic mass is 10.1. The van der Waals surface area contributed by atoms with Crippen molar-refractivity contribution in [3.05, 3.63) is 73.2 Å². The first-order chi connectivity index (χ1) is 11.8. The number of nitrogens with one attached hydrogen (secondary N) is 1. The van der Waals surface area contributed by atoms with Gasteiger partial charge in [0, 0.05) is 33.6 Å². The average Bonchev–Trinajstić information content (AvgIpc) is 2.57. The minimum atomic E-state index is -1.23. The van der Waals surface area contributed by atoms with Crippen molar-refractivity contribution in [2.45, 2.75) is 12.5 Å². The number of carboxylic acids is 1. The summed E-state index contributed by atoms with van der Waals surface area (Å²) < 4.78 is 0.660. The Morgan fingerprint density at radius 1 is 1.28 bits per heavy atom. The molecule has 0 aromatic heterocycles. The van der Waals surface area contributed by atoms with Crippen molar-refractivity contribution in [3.63, 3.8) is 0 Å². The average molecular weight is 428 g/mol. The predicted molar refractivity (Wildman–Crippen MR) is 94.8 cm³/mol. The molecule has 0 aliphatic heterocycles. The van der Waals surface area contributed by atoms with Crippen LogP contribution >= 0.6 is 27.5 Å². The molecule has 0 aliphatic rings. The van der Waals surface area contributed by atoms with Crippen LogP contribution in [0.4, 0.5) is 5.69 Å². The van der Waals surface area contributed by atoms with Crippen LogP contribution in [-0.2, 0) is 11.2 Å². The zero-order chi connectivity index (χ0) is 18.6. The Balaban J connectivity index is 2.20. The first-order valence-corrected chi connectivity index (χ1v) is 8.17. The number of amides is 1. The number of non-ortho nitro benzene ring substituents is 1. The van der Waals surface area contributed by atoms with Gasteiger partial charge in [-0.15, -0.1) is 0 Å². The van der Waals surface area contributed by atoms with Crippen LogP contribution in [0.25, 0.3) is 0 Å².